The Balaban J connectivity index is 1.98. The smallest absolute Gasteiger partial charge is 0.259 e. The van der Waals surface area contributed by atoms with E-state index in [4.69, 9.17) is 23.2 Å². The van der Waals surface area contributed by atoms with Crippen LogP contribution in [0.2, 0.25) is 10.0 Å². The number of nitrogens with one attached hydrogen (secondary N) is 1. The second-order valence-corrected chi connectivity index (χ2v) is 7.90. The number of aromatic amines is 1. The highest BCUT2D eigenvalue weighted by Gasteiger charge is 2.32. The number of hydrogen-bond acceptors (Lipinski definition) is 5. The maximum Gasteiger partial charge on any atom is 0.259 e. The van der Waals surface area contributed by atoms with Crippen molar-refractivity contribution in [3.63, 3.8) is 0 Å². The summed E-state index contributed by atoms with van der Waals surface area (Å²) in [6, 6.07) is 15.0. The first-order valence-electron chi connectivity index (χ1n) is 9.54. The van der Waals surface area contributed by atoms with Gasteiger partial charge < -0.3 is 0 Å². The number of pyridine rings is 1. The number of H-pyrrole nitrogens is 1. The van der Waals surface area contributed by atoms with E-state index in [0.29, 0.717) is 43.7 Å². The van der Waals surface area contributed by atoms with Crippen LogP contribution in [0, 0.1) is 18.3 Å². The van der Waals surface area contributed by atoms with Crippen LogP contribution in [0.25, 0.3) is 0 Å². The molecule has 0 radical (unpaired) electrons. The van der Waals surface area contributed by atoms with E-state index in [1.54, 1.807) is 59.8 Å². The van der Waals surface area contributed by atoms with Crippen molar-refractivity contribution < 1.29 is 4.79 Å². The molecule has 0 aliphatic carbocycles. The first-order chi connectivity index (χ1) is 15.5. The monoisotopic (exact) mass is 462 g/mol. The summed E-state index contributed by atoms with van der Waals surface area (Å²) < 4.78 is 0. The summed E-state index contributed by atoms with van der Waals surface area (Å²) in [5.74, 6) is -0.307. The Morgan fingerprint density at radius 2 is 1.91 bits per heavy atom. The third-order valence-electron chi connectivity index (χ3n) is 4.90. The van der Waals surface area contributed by atoms with E-state index in [1.807, 2.05) is 13.0 Å². The Labute approximate surface area is 194 Å². The van der Waals surface area contributed by atoms with Crippen LogP contribution in [-0.4, -0.2) is 26.3 Å². The Hall–Kier alpha value is -3.73. The van der Waals surface area contributed by atoms with Gasteiger partial charge in [-0.2, -0.15) is 20.7 Å². The highest BCUT2D eigenvalue weighted by molar-refractivity contribution is 6.35. The van der Waals surface area contributed by atoms with Crippen LogP contribution >= 0.6 is 23.2 Å². The molecule has 0 aliphatic rings. The molecule has 0 fully saturated rings. The van der Waals surface area contributed by atoms with Gasteiger partial charge in [-0.05, 0) is 54.4 Å². The Morgan fingerprint density at radius 1 is 1.12 bits per heavy atom. The highest BCUT2D eigenvalue weighted by atomic mass is 35.5. The minimum atomic E-state index is -0.711. The molecule has 0 saturated heterocycles. The number of carbonyl (C=O) groups is 1. The summed E-state index contributed by atoms with van der Waals surface area (Å²) in [5, 5.41) is 21.0. The normalized spacial score (nSPS) is 11.6. The number of amides is 1. The minimum absolute atomic E-state index is 0.307. The van der Waals surface area contributed by atoms with Crippen LogP contribution in [0.15, 0.2) is 67.1 Å². The average molecular weight is 463 g/mol. The molecule has 2 aromatic carbocycles. The lowest BCUT2D eigenvalue weighted by Gasteiger charge is -2.32. The Kier molecular flexibility index (Phi) is 6.17. The zero-order valence-electron chi connectivity index (χ0n) is 16.8. The maximum absolute atomic E-state index is 13.9. The van der Waals surface area contributed by atoms with Gasteiger partial charge in [0.2, 0.25) is 0 Å². The Bertz CT molecular complexity index is 1300. The van der Waals surface area contributed by atoms with Crippen molar-refractivity contribution >= 4 is 34.8 Å². The van der Waals surface area contributed by atoms with Crippen molar-refractivity contribution in [1.82, 2.24) is 20.4 Å². The molecule has 4 rings (SSSR count). The van der Waals surface area contributed by atoms with E-state index in [-0.39, 0.29) is 5.91 Å². The molecule has 7 nitrogen and oxygen atoms in total. The topological polar surface area (TPSA) is 98.6 Å². The van der Waals surface area contributed by atoms with Crippen molar-refractivity contribution in [2.24, 2.45) is 0 Å². The molecule has 1 amide bonds. The summed E-state index contributed by atoms with van der Waals surface area (Å²) in [6.07, 6.45) is 4.72. The van der Waals surface area contributed by atoms with Gasteiger partial charge in [-0.15, -0.1) is 0 Å². The van der Waals surface area contributed by atoms with Crippen molar-refractivity contribution in [2.45, 2.75) is 13.0 Å². The number of hydrogen-bond donors (Lipinski definition) is 1. The van der Waals surface area contributed by atoms with E-state index in [2.05, 4.69) is 26.5 Å². The molecule has 1 unspecified atom stereocenters. The summed E-state index contributed by atoms with van der Waals surface area (Å²) in [5.41, 5.74) is 3.25. The maximum atomic E-state index is 13.9. The van der Waals surface area contributed by atoms with E-state index in [1.165, 1.54) is 6.20 Å². The van der Waals surface area contributed by atoms with Crippen LogP contribution < -0.4 is 4.90 Å². The van der Waals surface area contributed by atoms with Crippen LogP contribution in [0.5, 0.6) is 0 Å². The van der Waals surface area contributed by atoms with Gasteiger partial charge in [0.1, 0.15) is 11.7 Å². The van der Waals surface area contributed by atoms with Crippen molar-refractivity contribution in [1.29, 1.82) is 5.26 Å². The quantitative estimate of drug-likeness (QED) is 0.443. The van der Waals surface area contributed by atoms with Crippen LogP contribution in [0.3, 0.4) is 0 Å². The second kappa shape index (κ2) is 9.18. The predicted molar refractivity (Wildman–Crippen MR) is 122 cm³/mol. The molecule has 0 saturated carbocycles. The lowest BCUT2D eigenvalue weighted by atomic mass is 9.98. The van der Waals surface area contributed by atoms with Gasteiger partial charge in [0.25, 0.3) is 5.91 Å². The molecule has 158 valence electrons. The summed E-state index contributed by atoms with van der Waals surface area (Å²) in [4.78, 5) is 19.6. The standard InChI is InChI=1S/C23H16Cl2N6O/c1-14-12-27-6-5-20(14)23(32)31(19-9-17(24)8-18(25)10-19)22(21-13-28-30-29-21)16-4-2-3-15(7-16)11-26/h2-10,12-13,22H,1H3,(H,28,29,30). The summed E-state index contributed by atoms with van der Waals surface area (Å²) in [7, 11) is 0. The average Bonchev–Trinajstić information content (AvgIpc) is 3.31. The van der Waals surface area contributed by atoms with Gasteiger partial charge in [-0.25, -0.2) is 0 Å². The fourth-order valence-electron chi connectivity index (χ4n) is 3.48. The molecular formula is C23H16Cl2N6O. The Morgan fingerprint density at radius 3 is 2.56 bits per heavy atom. The number of carbonyl (C=O) groups excluding carboxylic acids is 1. The lowest BCUT2D eigenvalue weighted by Crippen LogP contribution is -2.36. The first kappa shape index (κ1) is 21.5. The molecular weight excluding hydrogens is 447 g/mol. The zero-order chi connectivity index (χ0) is 22.7. The van der Waals surface area contributed by atoms with Gasteiger partial charge in [0.05, 0.1) is 17.8 Å². The highest BCUT2D eigenvalue weighted by Crippen LogP contribution is 2.36. The number of nitriles is 1. The fourth-order valence-corrected chi connectivity index (χ4v) is 3.99. The number of nitrogens with zero attached hydrogens (tertiary/aromatic N) is 5. The number of aryl methyl sites for hydroxylation is 1. The van der Waals surface area contributed by atoms with Gasteiger partial charge >= 0.3 is 0 Å². The summed E-state index contributed by atoms with van der Waals surface area (Å²) in [6.45, 7) is 1.81. The van der Waals surface area contributed by atoms with Crippen molar-refractivity contribution in [2.75, 3.05) is 4.90 Å². The molecule has 2 aromatic heterocycles. The van der Waals surface area contributed by atoms with Crippen molar-refractivity contribution in [3.8, 4) is 6.07 Å². The summed E-state index contributed by atoms with van der Waals surface area (Å²) >= 11 is 12.6. The van der Waals surface area contributed by atoms with Gasteiger partial charge in [-0.1, -0.05) is 35.3 Å². The first-order valence-corrected chi connectivity index (χ1v) is 10.3. The third-order valence-corrected chi connectivity index (χ3v) is 5.33. The molecule has 2 heterocycles. The predicted octanol–water partition coefficient (Wildman–Crippen LogP) is 5.12. The number of anilines is 1. The van der Waals surface area contributed by atoms with Crippen LogP contribution in [0.1, 0.15) is 38.8 Å². The van der Waals surface area contributed by atoms with E-state index < -0.39 is 6.04 Å². The minimum Gasteiger partial charge on any atom is -0.295 e. The molecule has 1 N–H and O–H groups in total. The third kappa shape index (κ3) is 4.33. The van der Waals surface area contributed by atoms with Crippen LogP contribution in [0.4, 0.5) is 5.69 Å². The van der Waals surface area contributed by atoms with E-state index in [9.17, 15) is 10.1 Å². The van der Waals surface area contributed by atoms with E-state index >= 15 is 0 Å². The SMILES string of the molecule is Cc1cnccc1C(=O)N(c1cc(Cl)cc(Cl)c1)C(c1cccc(C#N)c1)c1cn[nH]n1. The zero-order valence-corrected chi connectivity index (χ0v) is 18.3. The molecule has 0 aliphatic heterocycles. The molecule has 9 heteroatoms. The molecule has 32 heavy (non-hydrogen) atoms. The second-order valence-electron chi connectivity index (χ2n) is 7.03. The fraction of sp³-hybridized carbons (Fsp3) is 0.0870. The van der Waals surface area contributed by atoms with Gasteiger partial charge in [0, 0.05) is 33.7 Å². The molecule has 4 aromatic rings. The van der Waals surface area contributed by atoms with Crippen molar-refractivity contribution in [3.05, 3.63) is 105 Å². The largest absolute Gasteiger partial charge is 0.295 e. The van der Waals surface area contributed by atoms with Gasteiger partial charge in [-0.3, -0.25) is 14.7 Å². The van der Waals surface area contributed by atoms with E-state index in [0.717, 1.165) is 0 Å². The number of halogens is 2. The van der Waals surface area contributed by atoms with Crippen LogP contribution in [-0.2, 0) is 0 Å². The number of aromatic nitrogens is 4. The number of benzene rings is 2. The molecule has 0 spiro atoms. The van der Waals surface area contributed by atoms with Gasteiger partial charge in [0.15, 0.2) is 0 Å². The molecule has 1 atom stereocenters. The lowest BCUT2D eigenvalue weighted by molar-refractivity contribution is 0.0979. The number of rotatable bonds is 5. The molecule has 0 bridgehead atoms.